The second-order valence-electron chi connectivity index (χ2n) is 7.22. The number of nitrogens with zero attached hydrogens (tertiary/aromatic N) is 1. The highest BCUT2D eigenvalue weighted by Crippen LogP contribution is 2.16. The quantitative estimate of drug-likeness (QED) is 0.631. The summed E-state index contributed by atoms with van der Waals surface area (Å²) in [5, 5.41) is 2.93. The summed E-state index contributed by atoms with van der Waals surface area (Å²) in [6, 6.07) is 22.7. The lowest BCUT2D eigenvalue weighted by Gasteiger charge is -2.21. The molecule has 0 saturated heterocycles. The van der Waals surface area contributed by atoms with Crippen molar-refractivity contribution >= 4 is 17.5 Å². The van der Waals surface area contributed by atoms with Gasteiger partial charge in [-0.05, 0) is 67.8 Å². The lowest BCUT2D eigenvalue weighted by molar-refractivity contribution is 0.0752. The van der Waals surface area contributed by atoms with Crippen molar-refractivity contribution in [3.8, 4) is 0 Å². The number of carbonyl (C=O) groups is 2. The molecular weight excluding hydrogens is 360 g/mol. The first-order valence-corrected chi connectivity index (χ1v) is 9.79. The van der Waals surface area contributed by atoms with Gasteiger partial charge in [-0.25, -0.2) is 0 Å². The number of rotatable bonds is 6. The van der Waals surface area contributed by atoms with Crippen LogP contribution >= 0.6 is 0 Å². The standard InChI is InChI=1S/C25H26N2O2/c1-4-27(17-20-9-6-5-7-10-20)25(29)22-12-8-11-21(16-22)24(28)26-23-14-18(2)13-19(3)15-23/h5-16H,4,17H2,1-3H3,(H,26,28). The molecule has 3 aromatic rings. The highest BCUT2D eigenvalue weighted by Gasteiger charge is 2.16. The molecule has 148 valence electrons. The van der Waals surface area contributed by atoms with Gasteiger partial charge < -0.3 is 10.2 Å². The van der Waals surface area contributed by atoms with E-state index in [1.807, 2.05) is 63.2 Å². The molecule has 0 aliphatic rings. The maximum atomic E-state index is 13.0. The predicted molar refractivity (Wildman–Crippen MR) is 117 cm³/mol. The van der Waals surface area contributed by atoms with Crippen LogP contribution in [0, 0.1) is 13.8 Å². The summed E-state index contributed by atoms with van der Waals surface area (Å²) >= 11 is 0. The second kappa shape index (κ2) is 9.20. The van der Waals surface area contributed by atoms with Crippen molar-refractivity contribution in [3.05, 3.63) is 101 Å². The van der Waals surface area contributed by atoms with Crippen molar-refractivity contribution in [1.29, 1.82) is 0 Å². The van der Waals surface area contributed by atoms with Crippen LogP contribution in [0.4, 0.5) is 5.69 Å². The van der Waals surface area contributed by atoms with Crippen molar-refractivity contribution in [2.24, 2.45) is 0 Å². The van der Waals surface area contributed by atoms with E-state index in [-0.39, 0.29) is 11.8 Å². The van der Waals surface area contributed by atoms with Gasteiger partial charge in [-0.15, -0.1) is 0 Å². The first-order chi connectivity index (χ1) is 14.0. The molecule has 2 amide bonds. The fourth-order valence-corrected chi connectivity index (χ4v) is 3.36. The van der Waals surface area contributed by atoms with Gasteiger partial charge in [0, 0.05) is 29.9 Å². The van der Waals surface area contributed by atoms with Gasteiger partial charge in [-0.1, -0.05) is 42.5 Å². The van der Waals surface area contributed by atoms with Crippen LogP contribution in [-0.4, -0.2) is 23.3 Å². The lowest BCUT2D eigenvalue weighted by atomic mass is 10.1. The van der Waals surface area contributed by atoms with E-state index < -0.39 is 0 Å². The van der Waals surface area contributed by atoms with E-state index in [0.717, 1.165) is 22.4 Å². The molecule has 0 atom stereocenters. The average Bonchev–Trinajstić information content (AvgIpc) is 2.71. The van der Waals surface area contributed by atoms with Crippen LogP contribution in [0.15, 0.2) is 72.8 Å². The smallest absolute Gasteiger partial charge is 0.255 e. The topological polar surface area (TPSA) is 49.4 Å². The van der Waals surface area contributed by atoms with Gasteiger partial charge in [0.15, 0.2) is 0 Å². The van der Waals surface area contributed by atoms with E-state index in [0.29, 0.717) is 24.2 Å². The van der Waals surface area contributed by atoms with Gasteiger partial charge in [-0.3, -0.25) is 9.59 Å². The van der Waals surface area contributed by atoms with Crippen molar-refractivity contribution in [1.82, 2.24) is 4.90 Å². The molecule has 0 radical (unpaired) electrons. The van der Waals surface area contributed by atoms with Gasteiger partial charge in [0.1, 0.15) is 0 Å². The number of anilines is 1. The van der Waals surface area contributed by atoms with E-state index in [1.165, 1.54) is 0 Å². The molecule has 0 aromatic heterocycles. The summed E-state index contributed by atoms with van der Waals surface area (Å²) < 4.78 is 0. The first kappa shape index (κ1) is 20.3. The molecule has 0 bridgehead atoms. The molecule has 0 spiro atoms. The summed E-state index contributed by atoms with van der Waals surface area (Å²) in [6.07, 6.45) is 0. The SMILES string of the molecule is CCN(Cc1ccccc1)C(=O)c1cccc(C(=O)Nc2cc(C)cc(C)c2)c1. The number of hydrogen-bond donors (Lipinski definition) is 1. The van der Waals surface area contributed by atoms with Crippen LogP contribution in [0.5, 0.6) is 0 Å². The third-order valence-electron chi connectivity index (χ3n) is 4.74. The molecule has 0 heterocycles. The van der Waals surface area contributed by atoms with Crippen molar-refractivity contribution in [3.63, 3.8) is 0 Å². The first-order valence-electron chi connectivity index (χ1n) is 9.79. The summed E-state index contributed by atoms with van der Waals surface area (Å²) in [5.41, 5.74) is 4.98. The summed E-state index contributed by atoms with van der Waals surface area (Å²) in [4.78, 5) is 27.5. The minimum Gasteiger partial charge on any atom is -0.335 e. The second-order valence-corrected chi connectivity index (χ2v) is 7.22. The number of aryl methyl sites for hydroxylation is 2. The molecule has 3 rings (SSSR count). The number of nitrogens with one attached hydrogen (secondary N) is 1. The fraction of sp³-hybridized carbons (Fsp3) is 0.200. The minimum absolute atomic E-state index is 0.0857. The molecule has 0 aliphatic heterocycles. The Morgan fingerprint density at radius 2 is 1.48 bits per heavy atom. The van der Waals surface area contributed by atoms with Crippen LogP contribution in [0.1, 0.15) is 44.3 Å². The third kappa shape index (κ3) is 5.32. The third-order valence-corrected chi connectivity index (χ3v) is 4.74. The Hall–Kier alpha value is -3.40. The number of amides is 2. The van der Waals surface area contributed by atoms with E-state index in [1.54, 1.807) is 29.2 Å². The zero-order valence-corrected chi connectivity index (χ0v) is 17.1. The van der Waals surface area contributed by atoms with Crippen molar-refractivity contribution in [2.45, 2.75) is 27.3 Å². The Morgan fingerprint density at radius 1 is 0.828 bits per heavy atom. The molecule has 0 fully saturated rings. The summed E-state index contributed by atoms with van der Waals surface area (Å²) in [5.74, 6) is -0.312. The Labute approximate surface area is 172 Å². The number of benzene rings is 3. The van der Waals surface area contributed by atoms with Crippen LogP contribution < -0.4 is 5.32 Å². The molecule has 4 heteroatoms. The maximum absolute atomic E-state index is 13.0. The highest BCUT2D eigenvalue weighted by atomic mass is 16.2. The van der Waals surface area contributed by atoms with E-state index in [4.69, 9.17) is 0 Å². The molecule has 4 nitrogen and oxygen atoms in total. The van der Waals surface area contributed by atoms with E-state index in [2.05, 4.69) is 11.4 Å². The predicted octanol–water partition coefficient (Wildman–Crippen LogP) is 5.22. The lowest BCUT2D eigenvalue weighted by Crippen LogP contribution is -2.30. The molecule has 0 unspecified atom stereocenters. The molecule has 1 N–H and O–H groups in total. The van der Waals surface area contributed by atoms with Gasteiger partial charge in [0.05, 0.1) is 0 Å². The summed E-state index contributed by atoms with van der Waals surface area (Å²) in [7, 11) is 0. The number of carbonyl (C=O) groups excluding carboxylic acids is 2. The highest BCUT2D eigenvalue weighted by molar-refractivity contribution is 6.06. The maximum Gasteiger partial charge on any atom is 0.255 e. The molecule has 0 aliphatic carbocycles. The van der Waals surface area contributed by atoms with Crippen molar-refractivity contribution in [2.75, 3.05) is 11.9 Å². The van der Waals surface area contributed by atoms with Crippen LogP contribution in [0.2, 0.25) is 0 Å². The Balaban J connectivity index is 1.76. The van der Waals surface area contributed by atoms with E-state index >= 15 is 0 Å². The fourth-order valence-electron chi connectivity index (χ4n) is 3.36. The van der Waals surface area contributed by atoms with Gasteiger partial charge in [-0.2, -0.15) is 0 Å². The normalized spacial score (nSPS) is 10.4. The van der Waals surface area contributed by atoms with Crippen LogP contribution in [-0.2, 0) is 6.54 Å². The van der Waals surface area contributed by atoms with Gasteiger partial charge in [0.25, 0.3) is 11.8 Å². The Kier molecular flexibility index (Phi) is 6.45. The molecule has 3 aromatic carbocycles. The Bertz CT molecular complexity index is 992. The summed E-state index contributed by atoms with van der Waals surface area (Å²) in [6.45, 7) is 7.07. The largest absolute Gasteiger partial charge is 0.335 e. The van der Waals surface area contributed by atoms with Crippen molar-refractivity contribution < 1.29 is 9.59 Å². The van der Waals surface area contributed by atoms with Crippen LogP contribution in [0.25, 0.3) is 0 Å². The molecular formula is C25H26N2O2. The Morgan fingerprint density at radius 3 is 2.14 bits per heavy atom. The zero-order chi connectivity index (χ0) is 20.8. The van der Waals surface area contributed by atoms with Gasteiger partial charge >= 0.3 is 0 Å². The number of hydrogen-bond acceptors (Lipinski definition) is 2. The monoisotopic (exact) mass is 386 g/mol. The molecule has 29 heavy (non-hydrogen) atoms. The molecule has 0 saturated carbocycles. The minimum atomic E-state index is -0.226. The zero-order valence-electron chi connectivity index (χ0n) is 17.1. The van der Waals surface area contributed by atoms with Gasteiger partial charge in [0.2, 0.25) is 0 Å². The van der Waals surface area contributed by atoms with Crippen LogP contribution in [0.3, 0.4) is 0 Å². The van der Waals surface area contributed by atoms with E-state index in [9.17, 15) is 9.59 Å². The average molecular weight is 386 g/mol.